The number of aryl methyl sites for hydroxylation is 1. The van der Waals surface area contributed by atoms with Crippen molar-refractivity contribution in [1.29, 1.82) is 0 Å². The van der Waals surface area contributed by atoms with Gasteiger partial charge in [0.1, 0.15) is 5.75 Å². The molecule has 1 aromatic heterocycles. The highest BCUT2D eigenvalue weighted by atomic mass is 16.7. The summed E-state index contributed by atoms with van der Waals surface area (Å²) < 4.78 is 0. The van der Waals surface area contributed by atoms with Gasteiger partial charge < -0.3 is 15.0 Å². The summed E-state index contributed by atoms with van der Waals surface area (Å²) in [5, 5.41) is 12.6. The van der Waals surface area contributed by atoms with Gasteiger partial charge in [0.2, 0.25) is 12.3 Å². The number of aromatic hydroxyl groups is 1. The van der Waals surface area contributed by atoms with Crippen LogP contribution in [0.25, 0.3) is 10.9 Å². The lowest BCUT2D eigenvalue weighted by Crippen LogP contribution is -2.41. The molecule has 2 aromatic carbocycles. The van der Waals surface area contributed by atoms with Crippen LogP contribution in [0.3, 0.4) is 0 Å². The number of phenolic OH excluding ortho intramolecular Hbond substituents is 1. The van der Waals surface area contributed by atoms with Crippen molar-refractivity contribution in [3.63, 3.8) is 0 Å². The van der Waals surface area contributed by atoms with Crippen molar-refractivity contribution in [3.8, 4) is 5.75 Å². The van der Waals surface area contributed by atoms with Gasteiger partial charge in [0.05, 0.1) is 11.6 Å². The number of nitrogens with zero attached hydrogens (tertiary/aromatic N) is 2. The predicted octanol–water partition coefficient (Wildman–Crippen LogP) is 4.62. The van der Waals surface area contributed by atoms with Crippen molar-refractivity contribution < 1.29 is 19.5 Å². The summed E-state index contributed by atoms with van der Waals surface area (Å²) in [4.78, 5) is 35.8. The molecule has 2 amide bonds. The number of hydrogen-bond donors (Lipinski definition) is 2. The number of hydrogen-bond acceptors (Lipinski definition) is 4. The maximum absolute atomic E-state index is 13.4. The van der Waals surface area contributed by atoms with Crippen LogP contribution in [0.1, 0.15) is 62.0 Å². The molecule has 0 aliphatic carbocycles. The summed E-state index contributed by atoms with van der Waals surface area (Å²) in [6, 6.07) is 13.1. The van der Waals surface area contributed by atoms with E-state index in [1.807, 2.05) is 31.7 Å². The van der Waals surface area contributed by atoms with E-state index in [9.17, 15) is 14.7 Å². The van der Waals surface area contributed by atoms with Crippen LogP contribution in [0.5, 0.6) is 5.75 Å². The van der Waals surface area contributed by atoms with Crippen molar-refractivity contribution >= 4 is 23.2 Å². The van der Waals surface area contributed by atoms with Gasteiger partial charge in [0.25, 0.3) is 0 Å². The highest BCUT2D eigenvalue weighted by molar-refractivity contribution is 5.87. The van der Waals surface area contributed by atoms with Crippen LogP contribution in [0, 0.1) is 6.92 Å². The van der Waals surface area contributed by atoms with Gasteiger partial charge in [-0.25, -0.2) is 5.06 Å². The number of carbonyl (C=O) groups excluding carboxylic acids is 2. The molecule has 7 nitrogen and oxygen atoms in total. The third-order valence-electron chi connectivity index (χ3n) is 6.07. The van der Waals surface area contributed by atoms with Gasteiger partial charge in [-0.05, 0) is 75.9 Å². The molecular weight excluding hydrogens is 430 g/mol. The molecule has 1 aliphatic heterocycles. The quantitative estimate of drug-likeness (QED) is 0.395. The number of rotatable bonds is 7. The van der Waals surface area contributed by atoms with Crippen LogP contribution in [-0.2, 0) is 20.8 Å². The number of hydroxylamine groups is 2. The molecule has 1 aliphatic rings. The van der Waals surface area contributed by atoms with Crippen LogP contribution < -0.4 is 0 Å². The minimum Gasteiger partial charge on any atom is -0.508 e. The first-order valence-electron chi connectivity index (χ1n) is 11.8. The van der Waals surface area contributed by atoms with Gasteiger partial charge >= 0.3 is 0 Å². The molecular formula is C27H33N3O4. The summed E-state index contributed by atoms with van der Waals surface area (Å²) in [5.41, 5.74) is 4.85. The van der Waals surface area contributed by atoms with Crippen molar-refractivity contribution in [3.05, 3.63) is 64.8 Å². The van der Waals surface area contributed by atoms with Crippen LogP contribution in [0.4, 0.5) is 0 Å². The van der Waals surface area contributed by atoms with Crippen molar-refractivity contribution in [2.45, 2.75) is 58.6 Å². The van der Waals surface area contributed by atoms with E-state index in [2.05, 4.69) is 30.1 Å². The van der Waals surface area contributed by atoms with E-state index in [0.717, 1.165) is 23.2 Å². The third kappa shape index (κ3) is 5.09. The van der Waals surface area contributed by atoms with E-state index in [-0.39, 0.29) is 17.7 Å². The molecule has 0 bridgehead atoms. The summed E-state index contributed by atoms with van der Waals surface area (Å²) in [6.07, 6.45) is 2.20. The Morgan fingerprint density at radius 2 is 2.06 bits per heavy atom. The standard InChI is InChI=1S/C27H33N3O4/c1-18-10-11-23-22(15-18)21-12-14-30(24(33)9-6-13-29(17-31)34-27(2,3)4)26(25(21)28-23)19-7-5-8-20(32)16-19/h5,7-8,10-11,15-17,26,28,32H,6,9,12-14H2,1-4H3. The molecule has 3 aromatic rings. The Balaban J connectivity index is 1.60. The van der Waals surface area contributed by atoms with Crippen molar-refractivity contribution in [2.24, 2.45) is 0 Å². The Hall–Kier alpha value is -3.32. The van der Waals surface area contributed by atoms with Crippen LogP contribution in [0.15, 0.2) is 42.5 Å². The van der Waals surface area contributed by atoms with E-state index in [1.165, 1.54) is 21.6 Å². The molecule has 2 heterocycles. The van der Waals surface area contributed by atoms with Gasteiger partial charge in [-0.1, -0.05) is 23.8 Å². The van der Waals surface area contributed by atoms with E-state index in [4.69, 9.17) is 4.84 Å². The first kappa shape index (κ1) is 23.8. The second-order valence-electron chi connectivity index (χ2n) is 9.95. The summed E-state index contributed by atoms with van der Waals surface area (Å²) in [5.74, 6) is 0.181. The fourth-order valence-electron chi connectivity index (χ4n) is 4.71. The lowest BCUT2D eigenvalue weighted by molar-refractivity contribution is -0.216. The first-order chi connectivity index (χ1) is 16.2. The first-order valence-corrected chi connectivity index (χ1v) is 11.8. The molecule has 7 heteroatoms. The Bertz CT molecular complexity index is 1190. The Morgan fingerprint density at radius 3 is 2.76 bits per heavy atom. The minimum atomic E-state index is -0.484. The summed E-state index contributed by atoms with van der Waals surface area (Å²) in [6.45, 7) is 8.64. The van der Waals surface area contributed by atoms with Gasteiger partial charge in [0, 0.05) is 36.1 Å². The van der Waals surface area contributed by atoms with E-state index < -0.39 is 5.60 Å². The number of H-pyrrole nitrogens is 1. The second kappa shape index (κ2) is 9.50. The molecule has 1 atom stereocenters. The molecule has 4 rings (SSSR count). The summed E-state index contributed by atoms with van der Waals surface area (Å²) >= 11 is 0. The minimum absolute atomic E-state index is 0.00966. The SMILES string of the molecule is Cc1ccc2[nH]c3c(c2c1)CCN(C(=O)CCCN(C=O)OC(C)(C)C)C3c1cccc(O)c1. The van der Waals surface area contributed by atoms with Crippen molar-refractivity contribution in [2.75, 3.05) is 13.1 Å². The Morgan fingerprint density at radius 1 is 1.26 bits per heavy atom. The number of nitrogens with one attached hydrogen (secondary N) is 1. The fourth-order valence-corrected chi connectivity index (χ4v) is 4.71. The number of amides is 2. The zero-order valence-corrected chi connectivity index (χ0v) is 20.3. The van der Waals surface area contributed by atoms with Crippen LogP contribution in [0.2, 0.25) is 0 Å². The van der Waals surface area contributed by atoms with Crippen molar-refractivity contribution in [1.82, 2.24) is 14.9 Å². The Labute approximate surface area is 200 Å². The summed E-state index contributed by atoms with van der Waals surface area (Å²) in [7, 11) is 0. The predicted molar refractivity (Wildman–Crippen MR) is 131 cm³/mol. The maximum atomic E-state index is 13.4. The zero-order chi connectivity index (χ0) is 24.5. The average Bonchev–Trinajstić information content (AvgIpc) is 3.14. The van der Waals surface area contributed by atoms with Gasteiger partial charge in [-0.3, -0.25) is 14.4 Å². The van der Waals surface area contributed by atoms with E-state index >= 15 is 0 Å². The monoisotopic (exact) mass is 463 g/mol. The molecule has 2 N–H and O–H groups in total. The normalized spacial score (nSPS) is 15.9. The van der Waals surface area contributed by atoms with E-state index in [0.29, 0.717) is 32.3 Å². The smallest absolute Gasteiger partial charge is 0.233 e. The molecule has 180 valence electrons. The average molecular weight is 464 g/mol. The molecule has 0 saturated carbocycles. The topological polar surface area (TPSA) is 85.9 Å². The second-order valence-corrected chi connectivity index (χ2v) is 9.95. The lowest BCUT2D eigenvalue weighted by Gasteiger charge is -2.36. The number of phenols is 1. The lowest BCUT2D eigenvalue weighted by atomic mass is 9.91. The number of fused-ring (bicyclic) bond motifs is 3. The largest absolute Gasteiger partial charge is 0.508 e. The molecule has 0 saturated heterocycles. The molecule has 0 fully saturated rings. The van der Waals surface area contributed by atoms with E-state index in [1.54, 1.807) is 18.2 Å². The Kier molecular flexibility index (Phi) is 6.66. The zero-order valence-electron chi connectivity index (χ0n) is 20.3. The molecule has 0 spiro atoms. The van der Waals surface area contributed by atoms with Gasteiger partial charge in [-0.2, -0.15) is 0 Å². The molecule has 1 unspecified atom stereocenters. The van der Waals surface area contributed by atoms with Gasteiger partial charge in [0.15, 0.2) is 0 Å². The maximum Gasteiger partial charge on any atom is 0.233 e. The highest BCUT2D eigenvalue weighted by Gasteiger charge is 2.34. The fraction of sp³-hybridized carbons (Fsp3) is 0.407. The highest BCUT2D eigenvalue weighted by Crippen LogP contribution is 2.39. The third-order valence-corrected chi connectivity index (χ3v) is 6.07. The number of carbonyl (C=O) groups is 2. The molecule has 0 radical (unpaired) electrons. The molecule has 34 heavy (non-hydrogen) atoms. The van der Waals surface area contributed by atoms with Crippen LogP contribution >= 0.6 is 0 Å². The van der Waals surface area contributed by atoms with Crippen LogP contribution in [-0.4, -0.2) is 51.1 Å². The number of benzene rings is 2. The number of aromatic nitrogens is 1. The number of aromatic amines is 1. The van der Waals surface area contributed by atoms with Gasteiger partial charge in [-0.15, -0.1) is 0 Å².